The SMILES string of the molecule is N[C@@H](Cc1cc(N/C(=C/C=O)COc2ccc3ccccc3c2)c(O)cc1O)C(=O)O. The maximum Gasteiger partial charge on any atom is 0.320 e. The quantitative estimate of drug-likeness (QED) is 0.153. The summed E-state index contributed by atoms with van der Waals surface area (Å²) in [5, 5.41) is 34.1. The number of benzene rings is 3. The van der Waals surface area contributed by atoms with Gasteiger partial charge in [-0.15, -0.1) is 0 Å². The van der Waals surface area contributed by atoms with Crippen molar-refractivity contribution >= 4 is 28.7 Å². The molecule has 0 unspecified atom stereocenters. The van der Waals surface area contributed by atoms with Crippen LogP contribution in [-0.4, -0.2) is 40.2 Å². The summed E-state index contributed by atoms with van der Waals surface area (Å²) in [6.45, 7) is 0.00136. The summed E-state index contributed by atoms with van der Waals surface area (Å²) in [5.74, 6) is -1.19. The summed E-state index contributed by atoms with van der Waals surface area (Å²) in [6, 6.07) is 14.7. The summed E-state index contributed by atoms with van der Waals surface area (Å²) in [7, 11) is 0. The Morgan fingerprint density at radius 3 is 2.52 bits per heavy atom. The van der Waals surface area contributed by atoms with Gasteiger partial charge < -0.3 is 31.1 Å². The van der Waals surface area contributed by atoms with Gasteiger partial charge in [0.05, 0.1) is 11.4 Å². The number of rotatable bonds is 9. The zero-order chi connectivity index (χ0) is 22.4. The van der Waals surface area contributed by atoms with Crippen LogP contribution >= 0.6 is 0 Å². The zero-order valence-corrected chi connectivity index (χ0v) is 16.5. The zero-order valence-electron chi connectivity index (χ0n) is 16.5. The lowest BCUT2D eigenvalue weighted by Gasteiger charge is -2.16. The molecule has 0 saturated heterocycles. The molecule has 0 saturated carbocycles. The van der Waals surface area contributed by atoms with Gasteiger partial charge in [-0.1, -0.05) is 30.3 Å². The first-order chi connectivity index (χ1) is 14.9. The van der Waals surface area contributed by atoms with Crippen molar-refractivity contribution in [3.05, 3.63) is 71.9 Å². The summed E-state index contributed by atoms with van der Waals surface area (Å²) >= 11 is 0. The molecule has 31 heavy (non-hydrogen) atoms. The van der Waals surface area contributed by atoms with Gasteiger partial charge in [-0.25, -0.2) is 0 Å². The standard InChI is InChI=1S/C23H22N2O6/c24-19(23(29)30)10-16-11-20(22(28)12-21(16)27)25-17(7-8-26)13-31-18-6-5-14-3-1-2-4-15(14)9-18/h1-9,11-12,19,25,27-28H,10,13,24H2,(H,29,30)/b17-7+/t19-/m0/s1. The van der Waals surface area contributed by atoms with Crippen molar-refractivity contribution in [3.8, 4) is 17.2 Å². The first-order valence-corrected chi connectivity index (χ1v) is 9.43. The van der Waals surface area contributed by atoms with E-state index in [1.165, 1.54) is 12.1 Å². The Bertz CT molecular complexity index is 1140. The Kier molecular flexibility index (Phi) is 6.74. The molecule has 0 bridgehead atoms. The number of nitrogens with one attached hydrogen (secondary N) is 1. The average Bonchev–Trinajstić information content (AvgIpc) is 2.75. The van der Waals surface area contributed by atoms with Gasteiger partial charge in [-0.2, -0.15) is 0 Å². The monoisotopic (exact) mass is 422 g/mol. The fraction of sp³-hybridized carbons (Fsp3) is 0.130. The van der Waals surface area contributed by atoms with Crippen LogP contribution in [-0.2, 0) is 16.0 Å². The van der Waals surface area contributed by atoms with Gasteiger partial charge in [-0.3, -0.25) is 9.59 Å². The highest BCUT2D eigenvalue weighted by Gasteiger charge is 2.17. The van der Waals surface area contributed by atoms with E-state index in [4.69, 9.17) is 15.6 Å². The molecule has 0 fully saturated rings. The van der Waals surface area contributed by atoms with Crippen LogP contribution in [0.5, 0.6) is 17.2 Å². The number of carbonyl (C=O) groups is 2. The number of anilines is 1. The number of carbonyl (C=O) groups excluding carboxylic acids is 1. The average molecular weight is 422 g/mol. The number of aliphatic carboxylic acids is 1. The van der Waals surface area contributed by atoms with Crippen molar-refractivity contribution in [1.29, 1.82) is 0 Å². The summed E-state index contributed by atoms with van der Waals surface area (Å²) < 4.78 is 5.77. The number of aromatic hydroxyl groups is 2. The van der Waals surface area contributed by atoms with Crippen molar-refractivity contribution in [2.45, 2.75) is 12.5 Å². The predicted molar refractivity (Wildman–Crippen MR) is 116 cm³/mol. The molecule has 3 aromatic carbocycles. The van der Waals surface area contributed by atoms with Gasteiger partial charge in [0.2, 0.25) is 0 Å². The van der Waals surface area contributed by atoms with Gasteiger partial charge in [0, 0.05) is 18.6 Å². The van der Waals surface area contributed by atoms with E-state index < -0.39 is 12.0 Å². The van der Waals surface area contributed by atoms with Gasteiger partial charge in [0.25, 0.3) is 0 Å². The molecule has 0 aliphatic carbocycles. The Balaban J connectivity index is 1.76. The van der Waals surface area contributed by atoms with Crippen molar-refractivity contribution in [3.63, 3.8) is 0 Å². The lowest BCUT2D eigenvalue weighted by Crippen LogP contribution is -2.32. The van der Waals surface area contributed by atoms with E-state index >= 15 is 0 Å². The predicted octanol–water partition coefficient (Wildman–Crippen LogP) is 2.78. The van der Waals surface area contributed by atoms with Gasteiger partial charge in [0.15, 0.2) is 0 Å². The highest BCUT2D eigenvalue weighted by atomic mass is 16.5. The van der Waals surface area contributed by atoms with Gasteiger partial charge >= 0.3 is 5.97 Å². The van der Waals surface area contributed by atoms with Crippen molar-refractivity contribution in [2.75, 3.05) is 11.9 Å². The van der Waals surface area contributed by atoms with Crippen molar-refractivity contribution < 1.29 is 29.6 Å². The number of aldehydes is 1. The van der Waals surface area contributed by atoms with E-state index in [0.29, 0.717) is 17.7 Å². The van der Waals surface area contributed by atoms with Crippen molar-refractivity contribution in [2.24, 2.45) is 5.73 Å². The molecule has 0 spiro atoms. The molecule has 6 N–H and O–H groups in total. The summed E-state index contributed by atoms with van der Waals surface area (Å²) in [6.07, 6.45) is 1.68. The van der Waals surface area contributed by atoms with Crippen LogP contribution in [0.25, 0.3) is 10.8 Å². The maximum atomic E-state index is 11.1. The minimum absolute atomic E-state index is 0.00136. The normalized spacial score (nSPS) is 12.4. The molecule has 0 aromatic heterocycles. The Hall–Kier alpha value is -4.04. The third-order valence-corrected chi connectivity index (χ3v) is 4.63. The smallest absolute Gasteiger partial charge is 0.320 e. The second-order valence-electron chi connectivity index (χ2n) is 6.90. The molecular weight excluding hydrogens is 400 g/mol. The number of fused-ring (bicyclic) bond motifs is 1. The minimum Gasteiger partial charge on any atom is -0.508 e. The fourth-order valence-corrected chi connectivity index (χ4v) is 3.01. The number of phenolic OH excluding ortho intramolecular Hbond substituents is 2. The molecule has 0 heterocycles. The van der Waals surface area contributed by atoms with E-state index in [2.05, 4.69) is 5.32 Å². The number of carboxylic acids is 1. The number of hydrogen-bond acceptors (Lipinski definition) is 7. The Morgan fingerprint density at radius 1 is 1.06 bits per heavy atom. The van der Waals surface area contributed by atoms with Crippen LogP contribution in [0.3, 0.4) is 0 Å². The van der Waals surface area contributed by atoms with Crippen LogP contribution in [0.4, 0.5) is 5.69 Å². The molecule has 0 amide bonds. The second kappa shape index (κ2) is 9.64. The summed E-state index contributed by atoms with van der Waals surface area (Å²) in [4.78, 5) is 22.1. The molecule has 1 atom stereocenters. The van der Waals surface area contributed by atoms with E-state index in [9.17, 15) is 19.8 Å². The first kappa shape index (κ1) is 21.7. The largest absolute Gasteiger partial charge is 0.508 e. The van der Waals surface area contributed by atoms with Gasteiger partial charge in [0.1, 0.15) is 36.2 Å². The maximum absolute atomic E-state index is 11.1. The lowest BCUT2D eigenvalue weighted by molar-refractivity contribution is -0.138. The van der Waals surface area contributed by atoms with Crippen LogP contribution < -0.4 is 15.8 Å². The van der Waals surface area contributed by atoms with Gasteiger partial charge in [-0.05, 0) is 34.5 Å². The molecule has 0 aliphatic heterocycles. The molecule has 3 aromatic rings. The number of allylic oxidation sites excluding steroid dienone is 1. The van der Waals surface area contributed by atoms with E-state index in [0.717, 1.165) is 16.8 Å². The number of carboxylic acid groups (broad SMARTS) is 1. The van der Waals surface area contributed by atoms with Crippen LogP contribution in [0.1, 0.15) is 5.56 Å². The third kappa shape index (κ3) is 5.52. The molecule has 0 aliphatic rings. The molecule has 160 valence electrons. The van der Waals surface area contributed by atoms with Crippen LogP contribution in [0.15, 0.2) is 66.4 Å². The van der Waals surface area contributed by atoms with E-state index in [-0.39, 0.29) is 35.8 Å². The number of hydrogen-bond donors (Lipinski definition) is 5. The molecule has 3 rings (SSSR count). The van der Waals surface area contributed by atoms with E-state index in [1.807, 2.05) is 42.5 Å². The fourth-order valence-electron chi connectivity index (χ4n) is 3.01. The topological polar surface area (TPSA) is 142 Å². The molecule has 8 heteroatoms. The number of phenols is 2. The molecular formula is C23H22N2O6. The third-order valence-electron chi connectivity index (χ3n) is 4.63. The van der Waals surface area contributed by atoms with E-state index in [1.54, 1.807) is 0 Å². The number of ether oxygens (including phenoxy) is 1. The lowest BCUT2D eigenvalue weighted by atomic mass is 10.0. The summed E-state index contributed by atoms with van der Waals surface area (Å²) in [5.41, 5.74) is 6.28. The highest BCUT2D eigenvalue weighted by Crippen LogP contribution is 2.33. The first-order valence-electron chi connectivity index (χ1n) is 9.43. The Labute approximate surface area is 178 Å². The second-order valence-corrected chi connectivity index (χ2v) is 6.90. The minimum atomic E-state index is -1.22. The molecule has 0 radical (unpaired) electrons. The Morgan fingerprint density at radius 2 is 1.81 bits per heavy atom. The van der Waals surface area contributed by atoms with Crippen LogP contribution in [0.2, 0.25) is 0 Å². The highest BCUT2D eigenvalue weighted by molar-refractivity contribution is 5.83. The molecule has 8 nitrogen and oxygen atoms in total. The van der Waals surface area contributed by atoms with Crippen LogP contribution in [0, 0.1) is 0 Å². The van der Waals surface area contributed by atoms with Crippen molar-refractivity contribution in [1.82, 2.24) is 0 Å². The number of nitrogens with two attached hydrogens (primary N) is 1.